The van der Waals surface area contributed by atoms with Crippen LogP contribution in [0.2, 0.25) is 0 Å². The molecule has 0 radical (unpaired) electrons. The van der Waals surface area contributed by atoms with Crippen LogP contribution in [-0.4, -0.2) is 68.1 Å². The van der Waals surface area contributed by atoms with Crippen molar-refractivity contribution >= 4 is 23.1 Å². The fourth-order valence-electron chi connectivity index (χ4n) is 4.23. The lowest BCUT2D eigenvalue weighted by atomic mass is 9.99. The number of piperazine rings is 1. The first-order chi connectivity index (χ1) is 15.0. The van der Waals surface area contributed by atoms with Crippen LogP contribution < -0.4 is 4.90 Å². The van der Waals surface area contributed by atoms with Crippen LogP contribution in [0.5, 0.6) is 0 Å². The van der Waals surface area contributed by atoms with Gasteiger partial charge in [0, 0.05) is 39.0 Å². The highest BCUT2D eigenvalue weighted by Crippen LogP contribution is 2.33. The Bertz CT molecular complexity index is 1010. The molecule has 2 aromatic carbocycles. The molecule has 0 spiro atoms. The number of hydrogen-bond donors (Lipinski definition) is 0. The van der Waals surface area contributed by atoms with Crippen molar-refractivity contribution in [1.29, 1.82) is 0 Å². The second-order valence-electron chi connectivity index (χ2n) is 8.09. The molecule has 0 N–H and O–H groups in total. The van der Waals surface area contributed by atoms with Crippen LogP contribution in [0, 0.1) is 13.8 Å². The number of para-hydroxylation sites is 1. The Hall–Kier alpha value is -3.12. The van der Waals surface area contributed by atoms with Gasteiger partial charge in [-0.15, -0.1) is 0 Å². The number of benzene rings is 2. The van der Waals surface area contributed by atoms with Crippen molar-refractivity contribution in [1.82, 2.24) is 9.80 Å². The molecular formula is C25H29N3O3. The molecule has 2 aromatic rings. The highest BCUT2D eigenvalue weighted by atomic mass is 16.5. The lowest BCUT2D eigenvalue weighted by Gasteiger charge is -2.37. The van der Waals surface area contributed by atoms with E-state index in [1.807, 2.05) is 50.2 Å². The number of nitrogens with zero attached hydrogens (tertiary/aromatic N) is 3. The molecule has 1 saturated heterocycles. The smallest absolute Gasteiger partial charge is 0.277 e. The third-order valence-corrected chi connectivity index (χ3v) is 6.18. The molecule has 162 valence electrons. The summed E-state index contributed by atoms with van der Waals surface area (Å²) in [5.41, 5.74) is 5.29. The minimum atomic E-state index is -0.231. The summed E-state index contributed by atoms with van der Waals surface area (Å²) in [5, 5.41) is 0. The Labute approximate surface area is 183 Å². The molecular weight excluding hydrogens is 390 g/mol. The van der Waals surface area contributed by atoms with Gasteiger partial charge < -0.3 is 14.5 Å². The predicted octanol–water partition coefficient (Wildman–Crippen LogP) is 2.85. The van der Waals surface area contributed by atoms with Crippen LogP contribution >= 0.6 is 0 Å². The van der Waals surface area contributed by atoms with Gasteiger partial charge in [-0.2, -0.15) is 0 Å². The van der Waals surface area contributed by atoms with Crippen molar-refractivity contribution in [2.75, 3.05) is 51.3 Å². The maximum absolute atomic E-state index is 13.3. The van der Waals surface area contributed by atoms with Crippen LogP contribution in [0.25, 0.3) is 5.57 Å². The Morgan fingerprint density at radius 3 is 2.16 bits per heavy atom. The molecule has 4 rings (SSSR count). The third kappa shape index (κ3) is 4.08. The summed E-state index contributed by atoms with van der Waals surface area (Å²) in [6, 6.07) is 16.3. The van der Waals surface area contributed by atoms with Crippen LogP contribution in [0.4, 0.5) is 5.69 Å². The van der Waals surface area contributed by atoms with E-state index in [1.54, 1.807) is 7.11 Å². The van der Waals surface area contributed by atoms with E-state index in [4.69, 9.17) is 4.74 Å². The maximum Gasteiger partial charge on any atom is 0.277 e. The van der Waals surface area contributed by atoms with Gasteiger partial charge in [0.05, 0.1) is 18.7 Å². The summed E-state index contributed by atoms with van der Waals surface area (Å²) in [5.74, 6) is -0.450. The molecule has 0 atom stereocenters. The largest absolute Gasteiger partial charge is 0.383 e. The maximum atomic E-state index is 13.3. The van der Waals surface area contributed by atoms with Gasteiger partial charge in [-0.3, -0.25) is 14.5 Å². The van der Waals surface area contributed by atoms with Crippen LogP contribution in [-0.2, 0) is 14.3 Å². The first-order valence-corrected chi connectivity index (χ1v) is 10.7. The van der Waals surface area contributed by atoms with Gasteiger partial charge in [0.2, 0.25) is 0 Å². The van der Waals surface area contributed by atoms with E-state index in [1.165, 1.54) is 10.6 Å². The Balaban J connectivity index is 1.65. The van der Waals surface area contributed by atoms with Crippen molar-refractivity contribution in [2.45, 2.75) is 13.8 Å². The first-order valence-electron chi connectivity index (χ1n) is 10.7. The molecule has 1 fully saturated rings. The average Bonchev–Trinajstić information content (AvgIpc) is 3.04. The minimum Gasteiger partial charge on any atom is -0.383 e. The van der Waals surface area contributed by atoms with Crippen LogP contribution in [0.15, 0.2) is 54.2 Å². The lowest BCUT2D eigenvalue weighted by molar-refractivity contribution is -0.138. The number of carbonyl (C=O) groups is 2. The van der Waals surface area contributed by atoms with E-state index < -0.39 is 0 Å². The molecule has 0 aliphatic carbocycles. The van der Waals surface area contributed by atoms with Crippen molar-refractivity contribution in [3.05, 3.63) is 70.9 Å². The average molecular weight is 420 g/mol. The second-order valence-corrected chi connectivity index (χ2v) is 8.09. The number of rotatable bonds is 6. The quantitative estimate of drug-likeness (QED) is 0.674. The number of aryl methyl sites for hydroxylation is 2. The Morgan fingerprint density at radius 2 is 1.52 bits per heavy atom. The molecule has 6 nitrogen and oxygen atoms in total. The highest BCUT2D eigenvalue weighted by molar-refractivity contribution is 6.35. The van der Waals surface area contributed by atoms with Gasteiger partial charge in [0.15, 0.2) is 0 Å². The SMILES string of the molecule is COCCN1C(=O)C(c2ccc(C)c(C)c2)=C(N2CCN(c3ccccc3)CC2)C1=O. The number of anilines is 1. The summed E-state index contributed by atoms with van der Waals surface area (Å²) in [7, 11) is 1.58. The topological polar surface area (TPSA) is 53.1 Å². The standard InChI is InChI=1S/C25H29N3O3/c1-18-9-10-20(17-19(18)2)22-23(25(30)28(24(22)29)15-16-31-3)27-13-11-26(12-14-27)21-7-5-4-6-8-21/h4-10,17H,11-16H2,1-3H3. The molecule has 2 heterocycles. The third-order valence-electron chi connectivity index (χ3n) is 6.18. The molecule has 31 heavy (non-hydrogen) atoms. The highest BCUT2D eigenvalue weighted by Gasteiger charge is 2.42. The van der Waals surface area contributed by atoms with Gasteiger partial charge in [-0.05, 0) is 42.7 Å². The fourth-order valence-corrected chi connectivity index (χ4v) is 4.23. The zero-order chi connectivity index (χ0) is 22.0. The van der Waals surface area contributed by atoms with Crippen LogP contribution in [0.1, 0.15) is 16.7 Å². The van der Waals surface area contributed by atoms with E-state index in [0.717, 1.165) is 29.8 Å². The molecule has 6 heteroatoms. The van der Waals surface area contributed by atoms with Crippen molar-refractivity contribution < 1.29 is 14.3 Å². The monoisotopic (exact) mass is 419 g/mol. The predicted molar refractivity (Wildman–Crippen MR) is 122 cm³/mol. The zero-order valence-electron chi connectivity index (χ0n) is 18.4. The molecule has 0 saturated carbocycles. The molecule has 0 unspecified atom stereocenters. The van der Waals surface area contributed by atoms with Gasteiger partial charge in [-0.25, -0.2) is 0 Å². The number of amides is 2. The van der Waals surface area contributed by atoms with E-state index in [9.17, 15) is 9.59 Å². The molecule has 2 aliphatic heterocycles. The molecule has 2 amide bonds. The molecule has 0 aromatic heterocycles. The van der Waals surface area contributed by atoms with Crippen LogP contribution in [0.3, 0.4) is 0 Å². The summed E-state index contributed by atoms with van der Waals surface area (Å²) in [4.78, 5) is 32.4. The normalized spacial score (nSPS) is 17.2. The van der Waals surface area contributed by atoms with E-state index in [2.05, 4.69) is 21.9 Å². The number of hydrogen-bond acceptors (Lipinski definition) is 5. The van der Waals surface area contributed by atoms with Gasteiger partial charge in [-0.1, -0.05) is 36.4 Å². The minimum absolute atomic E-state index is 0.219. The van der Waals surface area contributed by atoms with E-state index >= 15 is 0 Å². The van der Waals surface area contributed by atoms with E-state index in [0.29, 0.717) is 31.0 Å². The Kier molecular flexibility index (Phi) is 6.09. The van der Waals surface area contributed by atoms with E-state index in [-0.39, 0.29) is 18.4 Å². The lowest BCUT2D eigenvalue weighted by Crippen LogP contribution is -2.47. The summed E-state index contributed by atoms with van der Waals surface area (Å²) >= 11 is 0. The summed E-state index contributed by atoms with van der Waals surface area (Å²) in [6.07, 6.45) is 0. The first kappa shape index (κ1) is 21.1. The molecule has 0 bridgehead atoms. The second kappa shape index (κ2) is 8.94. The summed E-state index contributed by atoms with van der Waals surface area (Å²) in [6.45, 7) is 7.64. The van der Waals surface area contributed by atoms with Gasteiger partial charge in [0.25, 0.3) is 11.8 Å². The fraction of sp³-hybridized carbons (Fsp3) is 0.360. The number of methoxy groups -OCH3 is 1. The number of imide groups is 1. The van der Waals surface area contributed by atoms with Crippen molar-refractivity contribution in [3.63, 3.8) is 0 Å². The Morgan fingerprint density at radius 1 is 0.839 bits per heavy atom. The molecule has 2 aliphatic rings. The number of ether oxygens (including phenoxy) is 1. The van der Waals surface area contributed by atoms with Gasteiger partial charge in [0.1, 0.15) is 5.70 Å². The zero-order valence-corrected chi connectivity index (χ0v) is 18.4. The number of carbonyl (C=O) groups excluding carboxylic acids is 2. The summed E-state index contributed by atoms with van der Waals surface area (Å²) < 4.78 is 5.14. The van der Waals surface area contributed by atoms with Gasteiger partial charge >= 0.3 is 0 Å². The van der Waals surface area contributed by atoms with Crippen molar-refractivity contribution in [2.24, 2.45) is 0 Å². The van der Waals surface area contributed by atoms with Crippen molar-refractivity contribution in [3.8, 4) is 0 Å².